The third kappa shape index (κ3) is 2.03. The molecular weight excluding hydrogens is 165 g/mol. The Morgan fingerprint density at radius 1 is 1.08 bits per heavy atom. The van der Waals surface area contributed by atoms with Crippen LogP contribution in [-0.2, 0) is 0 Å². The topological polar surface area (TPSA) is 0 Å². The van der Waals surface area contributed by atoms with Crippen LogP contribution in [0.2, 0.25) is 0 Å². The van der Waals surface area contributed by atoms with Gasteiger partial charge in [0.05, 0.1) is 0 Å². The van der Waals surface area contributed by atoms with E-state index < -0.39 is 6.43 Å². The molecule has 0 aromatic heterocycles. The van der Waals surface area contributed by atoms with Crippen molar-refractivity contribution in [3.63, 3.8) is 0 Å². The van der Waals surface area contributed by atoms with Crippen LogP contribution in [0.15, 0.2) is 24.3 Å². The van der Waals surface area contributed by atoms with Gasteiger partial charge in [-0.1, -0.05) is 12.1 Å². The fourth-order valence-electron chi connectivity index (χ4n) is 0.766. The Bertz CT molecular complexity index is 303. The van der Waals surface area contributed by atoms with Crippen molar-refractivity contribution in [2.24, 2.45) is 0 Å². The molecule has 0 fully saturated rings. The normalized spacial score (nSPS) is 9.33. The summed E-state index contributed by atoms with van der Waals surface area (Å²) in [7, 11) is 0. The molecule has 0 saturated heterocycles. The lowest BCUT2D eigenvalue weighted by atomic mass is 10.1. The summed E-state index contributed by atoms with van der Waals surface area (Å²) < 4.78 is 35.4. The molecule has 1 aromatic carbocycles. The standard InChI is InChI=1S/C9H5F3/c10-6-5-7-1-3-8(4-2-7)9(11)12/h1-4,9H. The summed E-state index contributed by atoms with van der Waals surface area (Å²) in [6.45, 7) is 0. The second-order valence-corrected chi connectivity index (χ2v) is 2.14. The van der Waals surface area contributed by atoms with Crippen molar-refractivity contribution in [3.8, 4) is 12.1 Å². The molecule has 62 valence electrons. The second kappa shape index (κ2) is 3.82. The molecule has 0 saturated carbocycles. The predicted octanol–water partition coefficient (Wildman–Crippen LogP) is 2.90. The molecule has 0 unspecified atom stereocenters. The van der Waals surface area contributed by atoms with Crippen LogP contribution in [0.4, 0.5) is 13.2 Å². The first kappa shape index (κ1) is 8.66. The van der Waals surface area contributed by atoms with Crippen molar-refractivity contribution in [2.75, 3.05) is 0 Å². The average molecular weight is 170 g/mol. The zero-order chi connectivity index (χ0) is 8.97. The first-order chi connectivity index (χ1) is 5.74. The summed E-state index contributed by atoms with van der Waals surface area (Å²) in [6.07, 6.45) is -1.29. The molecule has 0 amide bonds. The Kier molecular flexibility index (Phi) is 2.76. The minimum Gasteiger partial charge on any atom is -0.205 e. The molecular formula is C9H5F3. The van der Waals surface area contributed by atoms with Gasteiger partial charge in [-0.3, -0.25) is 0 Å². The van der Waals surface area contributed by atoms with Gasteiger partial charge in [0.2, 0.25) is 0 Å². The lowest BCUT2D eigenvalue weighted by molar-refractivity contribution is 0.151. The molecule has 0 heterocycles. The van der Waals surface area contributed by atoms with Crippen LogP contribution in [0.25, 0.3) is 0 Å². The first-order valence-corrected chi connectivity index (χ1v) is 3.24. The SMILES string of the molecule is FC#Cc1ccc(C(F)F)cc1. The lowest BCUT2D eigenvalue weighted by Gasteiger charge is -1.97. The van der Waals surface area contributed by atoms with E-state index in [1.165, 1.54) is 30.4 Å². The van der Waals surface area contributed by atoms with E-state index in [9.17, 15) is 13.2 Å². The zero-order valence-electron chi connectivity index (χ0n) is 6.02. The summed E-state index contributed by atoms with van der Waals surface area (Å²) in [5.41, 5.74) is 0.307. The Hall–Kier alpha value is -1.43. The fraction of sp³-hybridized carbons (Fsp3) is 0.111. The van der Waals surface area contributed by atoms with Gasteiger partial charge in [-0.05, 0) is 18.1 Å². The Labute approximate surface area is 68.0 Å². The van der Waals surface area contributed by atoms with Crippen LogP contribution in [-0.4, -0.2) is 0 Å². The quantitative estimate of drug-likeness (QED) is 0.568. The van der Waals surface area contributed by atoms with Gasteiger partial charge >= 0.3 is 0 Å². The molecule has 1 aromatic rings. The molecule has 0 atom stereocenters. The van der Waals surface area contributed by atoms with Gasteiger partial charge in [0.15, 0.2) is 0 Å². The van der Waals surface area contributed by atoms with Crippen molar-refractivity contribution in [2.45, 2.75) is 6.43 Å². The van der Waals surface area contributed by atoms with Crippen LogP contribution in [0.1, 0.15) is 17.6 Å². The molecule has 0 aliphatic carbocycles. The molecule has 0 nitrogen and oxygen atoms in total. The van der Waals surface area contributed by atoms with E-state index in [2.05, 4.69) is 5.92 Å². The highest BCUT2D eigenvalue weighted by Gasteiger charge is 2.04. The Balaban J connectivity index is 2.90. The molecule has 0 N–H and O–H groups in total. The smallest absolute Gasteiger partial charge is 0.205 e. The largest absolute Gasteiger partial charge is 0.263 e. The number of benzene rings is 1. The van der Waals surface area contributed by atoms with Gasteiger partial charge in [0, 0.05) is 11.1 Å². The number of hydrogen-bond donors (Lipinski definition) is 0. The third-order valence-corrected chi connectivity index (χ3v) is 1.35. The molecule has 0 spiro atoms. The van der Waals surface area contributed by atoms with Crippen LogP contribution in [0.5, 0.6) is 0 Å². The number of alkyl halides is 2. The summed E-state index contributed by atoms with van der Waals surface area (Å²) in [5, 5.41) is 0. The molecule has 1 rings (SSSR count). The van der Waals surface area contributed by atoms with Crippen molar-refractivity contribution in [1.82, 2.24) is 0 Å². The van der Waals surface area contributed by atoms with Crippen LogP contribution in [0.3, 0.4) is 0 Å². The van der Waals surface area contributed by atoms with Gasteiger partial charge in [0.1, 0.15) is 6.17 Å². The molecule has 0 bridgehead atoms. The van der Waals surface area contributed by atoms with Crippen LogP contribution in [0, 0.1) is 12.1 Å². The highest BCUT2D eigenvalue weighted by molar-refractivity contribution is 5.35. The summed E-state index contributed by atoms with van der Waals surface area (Å²) in [5.74, 6) is 2.11. The fourth-order valence-corrected chi connectivity index (χ4v) is 0.766. The number of halogens is 3. The van der Waals surface area contributed by atoms with Crippen molar-refractivity contribution in [1.29, 1.82) is 0 Å². The van der Waals surface area contributed by atoms with E-state index in [1.54, 1.807) is 0 Å². The first-order valence-electron chi connectivity index (χ1n) is 3.24. The van der Waals surface area contributed by atoms with E-state index in [-0.39, 0.29) is 5.56 Å². The minimum atomic E-state index is -2.49. The van der Waals surface area contributed by atoms with Gasteiger partial charge in [0.25, 0.3) is 6.43 Å². The summed E-state index contributed by atoms with van der Waals surface area (Å²) in [4.78, 5) is 0. The van der Waals surface area contributed by atoms with Crippen molar-refractivity contribution < 1.29 is 13.2 Å². The highest BCUT2D eigenvalue weighted by Crippen LogP contribution is 2.18. The summed E-state index contributed by atoms with van der Waals surface area (Å²) in [6, 6.07) is 5.16. The van der Waals surface area contributed by atoms with E-state index in [0.717, 1.165) is 0 Å². The van der Waals surface area contributed by atoms with Crippen molar-refractivity contribution >= 4 is 0 Å². The van der Waals surface area contributed by atoms with Gasteiger partial charge < -0.3 is 0 Å². The maximum Gasteiger partial charge on any atom is 0.263 e. The molecule has 0 aliphatic rings. The van der Waals surface area contributed by atoms with Crippen LogP contribution < -0.4 is 0 Å². The van der Waals surface area contributed by atoms with Crippen molar-refractivity contribution in [3.05, 3.63) is 35.4 Å². The van der Waals surface area contributed by atoms with Gasteiger partial charge in [-0.2, -0.15) is 0 Å². The highest BCUT2D eigenvalue weighted by atomic mass is 19.3. The van der Waals surface area contributed by atoms with E-state index in [0.29, 0.717) is 5.56 Å². The predicted molar refractivity (Wildman–Crippen MR) is 39.4 cm³/mol. The van der Waals surface area contributed by atoms with E-state index >= 15 is 0 Å². The number of hydrogen-bond acceptors (Lipinski definition) is 0. The number of rotatable bonds is 1. The van der Waals surface area contributed by atoms with E-state index in [1.807, 2.05) is 0 Å². The molecule has 0 radical (unpaired) electrons. The van der Waals surface area contributed by atoms with Gasteiger partial charge in [-0.15, -0.1) is 4.39 Å². The monoisotopic (exact) mass is 170 g/mol. The Morgan fingerprint density at radius 2 is 1.67 bits per heavy atom. The average Bonchev–Trinajstić information content (AvgIpc) is 2.06. The molecule has 0 aliphatic heterocycles. The maximum atomic E-state index is 12.0. The third-order valence-electron chi connectivity index (χ3n) is 1.35. The summed E-state index contributed by atoms with van der Waals surface area (Å²) >= 11 is 0. The zero-order valence-corrected chi connectivity index (χ0v) is 6.02. The molecule has 12 heavy (non-hydrogen) atoms. The minimum absolute atomic E-state index is 0.0839. The lowest BCUT2D eigenvalue weighted by Crippen LogP contribution is -1.83. The second-order valence-electron chi connectivity index (χ2n) is 2.14. The maximum absolute atomic E-state index is 12.0. The molecule has 3 heteroatoms. The van der Waals surface area contributed by atoms with Crippen LogP contribution >= 0.6 is 0 Å². The Morgan fingerprint density at radius 3 is 2.08 bits per heavy atom. The van der Waals surface area contributed by atoms with Gasteiger partial charge in [-0.25, -0.2) is 8.78 Å². The van der Waals surface area contributed by atoms with E-state index in [4.69, 9.17) is 0 Å².